The summed E-state index contributed by atoms with van der Waals surface area (Å²) in [7, 11) is 5.54. The second-order valence-electron chi connectivity index (χ2n) is 6.66. The smallest absolute Gasteiger partial charge is 0.246 e. The van der Waals surface area contributed by atoms with Gasteiger partial charge in [-0.05, 0) is 44.3 Å². The molecule has 3 rings (SSSR count). The van der Waals surface area contributed by atoms with Crippen LogP contribution < -0.4 is 0 Å². The first kappa shape index (κ1) is 18.7. The number of aryl methyl sites for hydroxylation is 1. The summed E-state index contributed by atoms with van der Waals surface area (Å²) in [6.07, 6.45) is 3.34. The topological polar surface area (TPSA) is 75.4 Å². The molecule has 0 radical (unpaired) electrons. The molecule has 0 N–H and O–H groups in total. The summed E-state index contributed by atoms with van der Waals surface area (Å²) in [5.41, 5.74) is 2.89. The van der Waals surface area contributed by atoms with E-state index >= 15 is 0 Å². The Hall–Kier alpha value is -3.06. The van der Waals surface area contributed by atoms with Gasteiger partial charge in [0, 0.05) is 25.0 Å². The molecule has 0 saturated heterocycles. The van der Waals surface area contributed by atoms with Crippen LogP contribution in [0.3, 0.4) is 0 Å². The van der Waals surface area contributed by atoms with Crippen molar-refractivity contribution in [2.45, 2.75) is 19.5 Å². The fraction of sp³-hybridized carbons (Fsp3) is 0.300. The van der Waals surface area contributed by atoms with Crippen molar-refractivity contribution >= 4 is 5.91 Å². The van der Waals surface area contributed by atoms with Crippen LogP contribution in [-0.2, 0) is 11.3 Å². The van der Waals surface area contributed by atoms with Crippen molar-refractivity contribution < 1.29 is 9.32 Å². The average molecular weight is 365 g/mol. The molecule has 1 unspecified atom stereocenters. The molecule has 0 saturated carbocycles. The van der Waals surface area contributed by atoms with Gasteiger partial charge in [0.25, 0.3) is 0 Å². The predicted molar refractivity (Wildman–Crippen MR) is 102 cm³/mol. The maximum Gasteiger partial charge on any atom is 0.246 e. The zero-order chi connectivity index (χ0) is 19.4. The van der Waals surface area contributed by atoms with Crippen LogP contribution in [0.1, 0.15) is 23.1 Å². The lowest BCUT2D eigenvalue weighted by Crippen LogP contribution is -2.38. The van der Waals surface area contributed by atoms with Gasteiger partial charge in [-0.2, -0.15) is 4.98 Å². The van der Waals surface area contributed by atoms with Crippen LogP contribution in [0.4, 0.5) is 0 Å². The zero-order valence-electron chi connectivity index (χ0n) is 16.0. The lowest BCUT2D eigenvalue weighted by molar-refractivity contribution is -0.135. The molecule has 0 aliphatic rings. The summed E-state index contributed by atoms with van der Waals surface area (Å²) >= 11 is 0. The minimum Gasteiger partial charge on any atom is -0.337 e. The van der Waals surface area contributed by atoms with Crippen LogP contribution in [0.15, 0.2) is 53.3 Å². The average Bonchev–Trinajstić information content (AvgIpc) is 3.12. The zero-order valence-corrected chi connectivity index (χ0v) is 16.0. The first-order chi connectivity index (χ1) is 13.0. The Kier molecular flexibility index (Phi) is 5.61. The van der Waals surface area contributed by atoms with Gasteiger partial charge in [-0.15, -0.1) is 0 Å². The van der Waals surface area contributed by atoms with Gasteiger partial charge in [0.1, 0.15) is 6.04 Å². The highest BCUT2D eigenvalue weighted by Crippen LogP contribution is 2.24. The Labute approximate surface area is 158 Å². The van der Waals surface area contributed by atoms with Crippen molar-refractivity contribution in [3.05, 3.63) is 65.8 Å². The molecule has 0 bridgehead atoms. The third kappa shape index (κ3) is 4.20. The number of nitrogens with zero attached hydrogens (tertiary/aromatic N) is 5. The second kappa shape index (κ2) is 8.09. The fourth-order valence-corrected chi connectivity index (χ4v) is 2.95. The van der Waals surface area contributed by atoms with Gasteiger partial charge in [-0.25, -0.2) is 0 Å². The highest BCUT2D eigenvalue weighted by molar-refractivity contribution is 5.83. The summed E-state index contributed by atoms with van der Waals surface area (Å²) < 4.78 is 5.32. The number of carbonyl (C=O) groups is 1. The van der Waals surface area contributed by atoms with Gasteiger partial charge in [0.05, 0.1) is 6.54 Å². The SMILES string of the molecule is Cc1ccccc1C(C(=O)N(C)Cc1nc(-c2ccncc2)no1)N(C)C. The van der Waals surface area contributed by atoms with E-state index in [1.165, 1.54) is 0 Å². The normalized spacial score (nSPS) is 12.2. The molecule has 3 aromatic rings. The van der Waals surface area contributed by atoms with Crippen LogP contribution in [0, 0.1) is 6.92 Å². The lowest BCUT2D eigenvalue weighted by Gasteiger charge is -2.29. The Morgan fingerprint density at radius 1 is 1.11 bits per heavy atom. The molecule has 0 fully saturated rings. The molecule has 7 nitrogen and oxygen atoms in total. The number of rotatable bonds is 6. The quantitative estimate of drug-likeness (QED) is 0.669. The predicted octanol–water partition coefficient (Wildman–Crippen LogP) is 2.70. The van der Waals surface area contributed by atoms with E-state index < -0.39 is 0 Å². The highest BCUT2D eigenvalue weighted by Gasteiger charge is 2.28. The van der Waals surface area contributed by atoms with Crippen LogP contribution >= 0.6 is 0 Å². The van der Waals surface area contributed by atoms with Gasteiger partial charge < -0.3 is 9.42 Å². The van der Waals surface area contributed by atoms with E-state index in [-0.39, 0.29) is 18.5 Å². The monoisotopic (exact) mass is 365 g/mol. The molecular formula is C20H23N5O2. The van der Waals surface area contributed by atoms with Gasteiger partial charge in [0.2, 0.25) is 17.6 Å². The Balaban J connectivity index is 1.77. The van der Waals surface area contributed by atoms with Crippen molar-refractivity contribution in [2.75, 3.05) is 21.1 Å². The van der Waals surface area contributed by atoms with Crippen LogP contribution in [0.25, 0.3) is 11.4 Å². The molecule has 27 heavy (non-hydrogen) atoms. The fourth-order valence-electron chi connectivity index (χ4n) is 2.95. The second-order valence-corrected chi connectivity index (χ2v) is 6.66. The van der Waals surface area contributed by atoms with E-state index in [0.29, 0.717) is 11.7 Å². The van der Waals surface area contributed by atoms with Gasteiger partial charge in [-0.3, -0.25) is 14.7 Å². The van der Waals surface area contributed by atoms with Crippen LogP contribution in [-0.4, -0.2) is 52.0 Å². The van der Waals surface area contributed by atoms with Crippen molar-refractivity contribution in [3.8, 4) is 11.4 Å². The van der Waals surface area contributed by atoms with E-state index in [2.05, 4.69) is 15.1 Å². The third-order valence-corrected chi connectivity index (χ3v) is 4.39. The molecular weight excluding hydrogens is 342 g/mol. The number of likely N-dealkylation sites (N-methyl/N-ethyl adjacent to an activating group) is 2. The summed E-state index contributed by atoms with van der Waals surface area (Å²) in [5.74, 6) is 0.842. The molecule has 2 aromatic heterocycles. The number of hydrogen-bond acceptors (Lipinski definition) is 6. The number of carbonyl (C=O) groups excluding carboxylic acids is 1. The lowest BCUT2D eigenvalue weighted by atomic mass is 9.99. The largest absolute Gasteiger partial charge is 0.337 e. The summed E-state index contributed by atoms with van der Waals surface area (Å²) in [6, 6.07) is 11.2. The van der Waals surface area contributed by atoms with E-state index in [1.54, 1.807) is 24.3 Å². The summed E-state index contributed by atoms with van der Waals surface area (Å²) in [5, 5.41) is 3.99. The first-order valence-corrected chi connectivity index (χ1v) is 8.67. The molecule has 2 heterocycles. The number of aromatic nitrogens is 3. The number of hydrogen-bond donors (Lipinski definition) is 0. The Morgan fingerprint density at radius 2 is 1.81 bits per heavy atom. The molecule has 7 heteroatoms. The van der Waals surface area contributed by atoms with Gasteiger partial charge in [-0.1, -0.05) is 29.4 Å². The van der Waals surface area contributed by atoms with Crippen molar-refractivity contribution in [1.29, 1.82) is 0 Å². The molecule has 1 atom stereocenters. The number of benzene rings is 1. The maximum atomic E-state index is 13.1. The Bertz CT molecular complexity index is 908. The van der Waals surface area contributed by atoms with Gasteiger partial charge in [0.15, 0.2) is 0 Å². The number of pyridine rings is 1. The molecule has 1 amide bonds. The van der Waals surface area contributed by atoms with Crippen LogP contribution in [0.5, 0.6) is 0 Å². The van der Waals surface area contributed by atoms with E-state index in [1.807, 2.05) is 62.3 Å². The minimum atomic E-state index is -0.376. The van der Waals surface area contributed by atoms with E-state index in [0.717, 1.165) is 16.7 Å². The minimum absolute atomic E-state index is 0.0297. The summed E-state index contributed by atoms with van der Waals surface area (Å²) in [4.78, 5) is 25.0. The van der Waals surface area contributed by atoms with Crippen molar-refractivity contribution in [3.63, 3.8) is 0 Å². The first-order valence-electron chi connectivity index (χ1n) is 8.67. The van der Waals surface area contributed by atoms with Crippen molar-refractivity contribution in [1.82, 2.24) is 24.9 Å². The Morgan fingerprint density at radius 3 is 2.48 bits per heavy atom. The van der Waals surface area contributed by atoms with Gasteiger partial charge >= 0.3 is 0 Å². The maximum absolute atomic E-state index is 13.1. The molecule has 140 valence electrons. The standard InChI is InChI=1S/C20H23N5O2/c1-14-7-5-6-8-16(14)18(24(2)3)20(26)25(4)13-17-22-19(23-27-17)15-9-11-21-12-10-15/h5-12,18H,13H2,1-4H3. The third-order valence-electron chi connectivity index (χ3n) is 4.39. The van der Waals surface area contributed by atoms with E-state index in [9.17, 15) is 4.79 Å². The molecule has 0 aliphatic carbocycles. The van der Waals surface area contributed by atoms with E-state index in [4.69, 9.17) is 4.52 Å². The van der Waals surface area contributed by atoms with Crippen LogP contribution in [0.2, 0.25) is 0 Å². The summed E-state index contributed by atoms with van der Waals surface area (Å²) in [6.45, 7) is 2.26. The molecule has 0 spiro atoms. The molecule has 0 aliphatic heterocycles. The van der Waals surface area contributed by atoms with Crippen molar-refractivity contribution in [2.24, 2.45) is 0 Å². The highest BCUT2D eigenvalue weighted by atomic mass is 16.5. The molecule has 1 aromatic carbocycles. The number of amides is 1.